The third-order valence-electron chi connectivity index (χ3n) is 2.65. The van der Waals surface area contributed by atoms with Crippen LogP contribution in [0.3, 0.4) is 0 Å². The monoisotopic (exact) mass is 258 g/mol. The molecule has 1 aromatic carbocycles. The summed E-state index contributed by atoms with van der Waals surface area (Å²) in [6, 6.07) is 9.22. The summed E-state index contributed by atoms with van der Waals surface area (Å²) in [5.41, 5.74) is 1.72. The standard InChI is InChI=1S/C14H14N2O3/c1-16-12-4-2-10(3-5-12)6-11(7-15)14(17)19-9-13-8-18-13/h2-6,13,16H,8-9H2,1H3/b11-6+. The van der Waals surface area contributed by atoms with Gasteiger partial charge in [0.25, 0.3) is 0 Å². The molecule has 5 nitrogen and oxygen atoms in total. The summed E-state index contributed by atoms with van der Waals surface area (Å²) in [4.78, 5) is 11.7. The van der Waals surface area contributed by atoms with Gasteiger partial charge in [-0.15, -0.1) is 0 Å². The molecule has 0 radical (unpaired) electrons. The highest BCUT2D eigenvalue weighted by Crippen LogP contribution is 2.14. The minimum Gasteiger partial charge on any atom is -0.459 e. The van der Waals surface area contributed by atoms with E-state index in [4.69, 9.17) is 14.7 Å². The highest BCUT2D eigenvalue weighted by Gasteiger charge is 2.25. The number of ether oxygens (including phenoxy) is 2. The normalized spacial score (nSPS) is 17.5. The topological polar surface area (TPSA) is 74.7 Å². The molecule has 1 fully saturated rings. The van der Waals surface area contributed by atoms with Crippen LogP contribution in [0.4, 0.5) is 5.69 Å². The molecule has 1 aliphatic rings. The Morgan fingerprint density at radius 1 is 1.58 bits per heavy atom. The molecule has 0 aliphatic carbocycles. The van der Waals surface area contributed by atoms with E-state index in [9.17, 15) is 4.79 Å². The van der Waals surface area contributed by atoms with Crippen molar-refractivity contribution in [3.63, 3.8) is 0 Å². The number of hydrogen-bond donors (Lipinski definition) is 1. The molecule has 0 saturated carbocycles. The van der Waals surface area contributed by atoms with Crippen molar-refractivity contribution in [3.05, 3.63) is 35.4 Å². The highest BCUT2D eigenvalue weighted by atomic mass is 16.6. The molecule has 0 bridgehead atoms. The first kappa shape index (κ1) is 13.1. The van der Waals surface area contributed by atoms with Crippen LogP contribution in [0.5, 0.6) is 0 Å². The Kier molecular flexibility index (Phi) is 4.16. The maximum Gasteiger partial charge on any atom is 0.348 e. The van der Waals surface area contributed by atoms with Crippen molar-refractivity contribution < 1.29 is 14.3 Å². The van der Waals surface area contributed by atoms with Gasteiger partial charge in [0.15, 0.2) is 0 Å². The van der Waals surface area contributed by atoms with Gasteiger partial charge in [-0.05, 0) is 23.8 Å². The Labute approximate surface area is 111 Å². The maximum atomic E-state index is 11.7. The van der Waals surface area contributed by atoms with Crippen molar-refractivity contribution in [1.29, 1.82) is 5.26 Å². The number of benzene rings is 1. The number of anilines is 1. The second kappa shape index (κ2) is 6.03. The molecule has 1 aliphatic heterocycles. The van der Waals surface area contributed by atoms with E-state index in [0.717, 1.165) is 11.3 Å². The molecule has 1 aromatic rings. The predicted octanol–water partition coefficient (Wildman–Crippen LogP) is 1.58. The van der Waals surface area contributed by atoms with Gasteiger partial charge in [0.2, 0.25) is 0 Å². The SMILES string of the molecule is CNc1ccc(/C=C(\C#N)C(=O)OCC2CO2)cc1. The summed E-state index contributed by atoms with van der Waals surface area (Å²) >= 11 is 0. The summed E-state index contributed by atoms with van der Waals surface area (Å²) in [5.74, 6) is -0.615. The van der Waals surface area contributed by atoms with Crippen molar-refractivity contribution in [2.45, 2.75) is 6.10 Å². The Balaban J connectivity index is 2.03. The maximum absolute atomic E-state index is 11.7. The van der Waals surface area contributed by atoms with Crippen LogP contribution in [0, 0.1) is 11.3 Å². The summed E-state index contributed by atoms with van der Waals surface area (Å²) in [5, 5.41) is 12.0. The molecular weight excluding hydrogens is 244 g/mol. The van der Waals surface area contributed by atoms with Gasteiger partial charge in [-0.25, -0.2) is 4.79 Å². The Morgan fingerprint density at radius 3 is 2.79 bits per heavy atom. The Bertz CT molecular complexity index is 525. The zero-order valence-corrected chi connectivity index (χ0v) is 10.6. The molecule has 1 atom stereocenters. The fraction of sp³-hybridized carbons (Fsp3) is 0.286. The largest absolute Gasteiger partial charge is 0.459 e. The summed E-state index contributed by atoms with van der Waals surface area (Å²) in [7, 11) is 1.82. The fourth-order valence-corrected chi connectivity index (χ4v) is 1.46. The van der Waals surface area contributed by atoms with Crippen LogP contribution in [0.15, 0.2) is 29.8 Å². The third kappa shape index (κ3) is 3.83. The van der Waals surface area contributed by atoms with E-state index in [0.29, 0.717) is 6.61 Å². The van der Waals surface area contributed by atoms with E-state index in [2.05, 4.69) is 5.32 Å². The average molecular weight is 258 g/mol. The van der Waals surface area contributed by atoms with Crippen LogP contribution in [0.2, 0.25) is 0 Å². The molecule has 0 aromatic heterocycles. The van der Waals surface area contributed by atoms with E-state index in [1.54, 1.807) is 0 Å². The van der Waals surface area contributed by atoms with Crippen molar-refractivity contribution in [2.75, 3.05) is 25.6 Å². The molecule has 0 amide bonds. The number of epoxide rings is 1. The molecule has 1 saturated heterocycles. The van der Waals surface area contributed by atoms with Crippen LogP contribution in [-0.4, -0.2) is 32.3 Å². The average Bonchev–Trinajstić information content (AvgIpc) is 3.27. The van der Waals surface area contributed by atoms with E-state index >= 15 is 0 Å². The van der Waals surface area contributed by atoms with Crippen molar-refractivity contribution in [3.8, 4) is 6.07 Å². The smallest absolute Gasteiger partial charge is 0.348 e. The number of carbonyl (C=O) groups is 1. The summed E-state index contributed by atoms with van der Waals surface area (Å²) < 4.78 is 9.90. The lowest BCUT2D eigenvalue weighted by Gasteiger charge is -2.02. The van der Waals surface area contributed by atoms with Crippen molar-refractivity contribution in [2.24, 2.45) is 0 Å². The van der Waals surface area contributed by atoms with Gasteiger partial charge in [-0.1, -0.05) is 12.1 Å². The van der Waals surface area contributed by atoms with Crippen molar-refractivity contribution >= 4 is 17.7 Å². The lowest BCUT2D eigenvalue weighted by atomic mass is 10.1. The number of rotatable bonds is 5. The van der Waals surface area contributed by atoms with Gasteiger partial charge >= 0.3 is 5.97 Å². The van der Waals surface area contributed by atoms with E-state index in [-0.39, 0.29) is 18.3 Å². The minimum atomic E-state index is -0.615. The molecule has 1 unspecified atom stereocenters. The van der Waals surface area contributed by atoms with Gasteiger partial charge in [-0.2, -0.15) is 5.26 Å². The number of hydrogen-bond acceptors (Lipinski definition) is 5. The quantitative estimate of drug-likeness (QED) is 0.375. The first-order valence-electron chi connectivity index (χ1n) is 5.91. The molecular formula is C14H14N2O3. The number of carbonyl (C=O) groups excluding carboxylic acids is 1. The van der Waals surface area contributed by atoms with Crippen molar-refractivity contribution in [1.82, 2.24) is 0 Å². The zero-order valence-electron chi connectivity index (χ0n) is 10.6. The van der Waals surface area contributed by atoms with Gasteiger partial charge in [0.1, 0.15) is 24.4 Å². The van der Waals surface area contributed by atoms with Gasteiger partial charge in [0, 0.05) is 12.7 Å². The first-order valence-corrected chi connectivity index (χ1v) is 5.91. The second-order valence-electron chi connectivity index (χ2n) is 4.10. The first-order chi connectivity index (χ1) is 9.22. The van der Waals surface area contributed by atoms with Crippen LogP contribution in [-0.2, 0) is 14.3 Å². The van der Waals surface area contributed by atoms with Gasteiger partial charge in [-0.3, -0.25) is 0 Å². The summed E-state index contributed by atoms with van der Waals surface area (Å²) in [6.45, 7) is 0.820. The van der Waals surface area contributed by atoms with Crippen LogP contribution >= 0.6 is 0 Å². The van der Waals surface area contributed by atoms with Crippen LogP contribution in [0.25, 0.3) is 6.08 Å². The van der Waals surface area contributed by atoms with E-state index in [1.165, 1.54) is 6.08 Å². The molecule has 2 rings (SSSR count). The fourth-order valence-electron chi connectivity index (χ4n) is 1.46. The predicted molar refractivity (Wildman–Crippen MR) is 70.3 cm³/mol. The lowest BCUT2D eigenvalue weighted by Crippen LogP contribution is -2.11. The molecule has 1 N–H and O–H groups in total. The molecule has 5 heteroatoms. The zero-order chi connectivity index (χ0) is 13.7. The third-order valence-corrected chi connectivity index (χ3v) is 2.65. The van der Waals surface area contributed by atoms with Crippen LogP contribution < -0.4 is 5.32 Å². The Hall–Kier alpha value is -2.32. The molecule has 19 heavy (non-hydrogen) atoms. The number of nitriles is 1. The number of nitrogens with one attached hydrogen (secondary N) is 1. The number of esters is 1. The van der Waals surface area contributed by atoms with Crippen LogP contribution in [0.1, 0.15) is 5.56 Å². The number of nitrogens with zero attached hydrogens (tertiary/aromatic N) is 1. The van der Waals surface area contributed by atoms with E-state index in [1.807, 2.05) is 37.4 Å². The van der Waals surface area contributed by atoms with E-state index < -0.39 is 5.97 Å². The lowest BCUT2D eigenvalue weighted by molar-refractivity contribution is -0.138. The van der Waals surface area contributed by atoms with Gasteiger partial charge < -0.3 is 14.8 Å². The molecule has 1 heterocycles. The second-order valence-corrected chi connectivity index (χ2v) is 4.10. The highest BCUT2D eigenvalue weighted by molar-refractivity contribution is 5.97. The minimum absolute atomic E-state index is 0.00111. The molecule has 0 spiro atoms. The molecule has 98 valence electrons. The van der Waals surface area contributed by atoms with Gasteiger partial charge in [0.05, 0.1) is 6.61 Å². The Morgan fingerprint density at radius 2 is 2.26 bits per heavy atom. The summed E-state index contributed by atoms with van der Waals surface area (Å²) in [6.07, 6.45) is 1.51.